The molecule has 5 nitrogen and oxygen atoms in total. The van der Waals surface area contributed by atoms with E-state index in [1.807, 2.05) is 38.1 Å². The van der Waals surface area contributed by atoms with Gasteiger partial charge in [-0.3, -0.25) is 4.79 Å². The average Bonchev–Trinajstić information content (AvgIpc) is 2.49. The SMILES string of the molecule is CC(C)Oc1ccc(C=NNC(=O)c2cccnc2Cl)cc1. The number of halogens is 1. The van der Waals surface area contributed by atoms with Crippen LogP contribution in [-0.4, -0.2) is 23.2 Å². The first-order chi connectivity index (χ1) is 10.6. The fourth-order valence-corrected chi connectivity index (χ4v) is 1.89. The Balaban J connectivity index is 1.95. The van der Waals surface area contributed by atoms with Gasteiger partial charge in [0.2, 0.25) is 0 Å². The molecule has 1 amide bonds. The van der Waals surface area contributed by atoms with E-state index in [4.69, 9.17) is 16.3 Å². The minimum atomic E-state index is -0.408. The topological polar surface area (TPSA) is 63.6 Å². The zero-order chi connectivity index (χ0) is 15.9. The predicted molar refractivity (Wildman–Crippen MR) is 86.5 cm³/mol. The van der Waals surface area contributed by atoms with E-state index in [1.54, 1.807) is 18.3 Å². The minimum absolute atomic E-state index is 0.128. The highest BCUT2D eigenvalue weighted by Crippen LogP contribution is 2.13. The number of carbonyl (C=O) groups excluding carboxylic acids is 1. The Kier molecular flexibility index (Phi) is 5.49. The predicted octanol–water partition coefficient (Wildman–Crippen LogP) is 3.29. The van der Waals surface area contributed by atoms with E-state index in [0.29, 0.717) is 0 Å². The van der Waals surface area contributed by atoms with Crippen LogP contribution in [0.25, 0.3) is 0 Å². The molecule has 0 spiro atoms. The zero-order valence-electron chi connectivity index (χ0n) is 12.3. The maximum Gasteiger partial charge on any atom is 0.274 e. The Morgan fingerprint density at radius 2 is 2.05 bits per heavy atom. The van der Waals surface area contributed by atoms with Crippen LogP contribution in [0.5, 0.6) is 5.75 Å². The summed E-state index contributed by atoms with van der Waals surface area (Å²) < 4.78 is 5.55. The summed E-state index contributed by atoms with van der Waals surface area (Å²) in [6, 6.07) is 10.6. The minimum Gasteiger partial charge on any atom is -0.491 e. The van der Waals surface area contributed by atoms with E-state index >= 15 is 0 Å². The molecule has 0 aliphatic rings. The van der Waals surface area contributed by atoms with Crippen molar-refractivity contribution in [2.75, 3.05) is 0 Å². The maximum atomic E-state index is 11.9. The van der Waals surface area contributed by atoms with E-state index in [-0.39, 0.29) is 16.8 Å². The van der Waals surface area contributed by atoms with Crippen LogP contribution in [0, 0.1) is 0 Å². The number of benzene rings is 1. The second-order valence-electron chi connectivity index (χ2n) is 4.78. The lowest BCUT2D eigenvalue weighted by atomic mass is 10.2. The largest absolute Gasteiger partial charge is 0.491 e. The smallest absolute Gasteiger partial charge is 0.274 e. The maximum absolute atomic E-state index is 11.9. The Bertz CT molecular complexity index is 669. The molecule has 6 heteroatoms. The molecule has 0 unspecified atom stereocenters. The molecule has 0 aliphatic carbocycles. The van der Waals surface area contributed by atoms with Crippen molar-refractivity contribution in [1.29, 1.82) is 0 Å². The number of rotatable bonds is 5. The third-order valence-corrected chi connectivity index (χ3v) is 2.94. The van der Waals surface area contributed by atoms with Crippen LogP contribution < -0.4 is 10.2 Å². The molecule has 1 aromatic heterocycles. The van der Waals surface area contributed by atoms with Crippen molar-refractivity contribution < 1.29 is 9.53 Å². The number of hydrazone groups is 1. The number of nitrogens with zero attached hydrogens (tertiary/aromatic N) is 2. The molecule has 1 N–H and O–H groups in total. The molecule has 1 heterocycles. The van der Waals surface area contributed by atoms with Crippen molar-refractivity contribution >= 4 is 23.7 Å². The summed E-state index contributed by atoms with van der Waals surface area (Å²) >= 11 is 5.84. The molecule has 0 radical (unpaired) electrons. The number of hydrogen-bond acceptors (Lipinski definition) is 4. The molecular formula is C16H16ClN3O2. The number of nitrogens with one attached hydrogen (secondary N) is 1. The average molecular weight is 318 g/mol. The van der Waals surface area contributed by atoms with Gasteiger partial charge in [-0.1, -0.05) is 11.6 Å². The molecule has 0 bridgehead atoms. The van der Waals surface area contributed by atoms with Gasteiger partial charge in [-0.2, -0.15) is 5.10 Å². The normalized spacial score (nSPS) is 10.9. The van der Waals surface area contributed by atoms with Crippen LogP contribution in [0.1, 0.15) is 29.8 Å². The number of hydrogen-bond donors (Lipinski definition) is 1. The number of ether oxygens (including phenoxy) is 1. The van der Waals surface area contributed by atoms with Gasteiger partial charge in [0.1, 0.15) is 10.9 Å². The van der Waals surface area contributed by atoms with E-state index < -0.39 is 5.91 Å². The van der Waals surface area contributed by atoms with Crippen LogP contribution >= 0.6 is 11.6 Å². The Labute approximate surface area is 134 Å². The van der Waals surface area contributed by atoms with E-state index in [9.17, 15) is 4.79 Å². The van der Waals surface area contributed by atoms with Gasteiger partial charge in [0, 0.05) is 6.20 Å². The quantitative estimate of drug-likeness (QED) is 0.523. The molecule has 0 saturated carbocycles. The lowest BCUT2D eigenvalue weighted by Gasteiger charge is -2.09. The van der Waals surface area contributed by atoms with E-state index in [0.717, 1.165) is 11.3 Å². The third kappa shape index (κ3) is 4.56. The summed E-state index contributed by atoms with van der Waals surface area (Å²) in [5, 5.41) is 4.04. The van der Waals surface area contributed by atoms with Crippen LogP contribution in [0.15, 0.2) is 47.7 Å². The van der Waals surface area contributed by atoms with Crippen LogP contribution in [0.3, 0.4) is 0 Å². The van der Waals surface area contributed by atoms with Crippen molar-refractivity contribution in [2.45, 2.75) is 20.0 Å². The summed E-state index contributed by atoms with van der Waals surface area (Å²) in [5.41, 5.74) is 3.53. The second-order valence-corrected chi connectivity index (χ2v) is 5.13. The summed E-state index contributed by atoms with van der Waals surface area (Å²) in [5.74, 6) is 0.382. The molecule has 22 heavy (non-hydrogen) atoms. The summed E-state index contributed by atoms with van der Waals surface area (Å²) in [7, 11) is 0. The van der Waals surface area contributed by atoms with Crippen molar-refractivity contribution in [1.82, 2.24) is 10.4 Å². The summed E-state index contributed by atoms with van der Waals surface area (Å²) in [6.07, 6.45) is 3.19. The number of amides is 1. The fraction of sp³-hybridized carbons (Fsp3) is 0.188. The van der Waals surface area contributed by atoms with Crippen molar-refractivity contribution in [2.24, 2.45) is 5.10 Å². The Morgan fingerprint density at radius 3 is 2.68 bits per heavy atom. The first-order valence-corrected chi connectivity index (χ1v) is 7.14. The Hall–Kier alpha value is -2.40. The molecule has 0 saturated heterocycles. The number of carbonyl (C=O) groups is 1. The van der Waals surface area contributed by atoms with Crippen LogP contribution in [0.4, 0.5) is 0 Å². The van der Waals surface area contributed by atoms with Crippen LogP contribution in [0.2, 0.25) is 5.15 Å². The molecule has 2 rings (SSSR count). The summed E-state index contributed by atoms with van der Waals surface area (Å²) in [4.78, 5) is 15.7. The summed E-state index contributed by atoms with van der Waals surface area (Å²) in [6.45, 7) is 3.93. The van der Waals surface area contributed by atoms with Gasteiger partial charge in [0.05, 0.1) is 17.9 Å². The standard InChI is InChI=1S/C16H16ClN3O2/c1-11(2)22-13-7-5-12(6-8-13)10-19-20-16(21)14-4-3-9-18-15(14)17/h3-11H,1-2H3,(H,20,21). The molecule has 0 fully saturated rings. The molecule has 0 aliphatic heterocycles. The lowest BCUT2D eigenvalue weighted by molar-refractivity contribution is 0.0955. The number of aromatic nitrogens is 1. The monoisotopic (exact) mass is 317 g/mol. The zero-order valence-corrected chi connectivity index (χ0v) is 13.0. The highest BCUT2D eigenvalue weighted by atomic mass is 35.5. The van der Waals surface area contributed by atoms with Gasteiger partial charge < -0.3 is 4.74 Å². The van der Waals surface area contributed by atoms with Gasteiger partial charge >= 0.3 is 0 Å². The highest BCUT2D eigenvalue weighted by molar-refractivity contribution is 6.32. The lowest BCUT2D eigenvalue weighted by Crippen LogP contribution is -2.18. The van der Waals surface area contributed by atoms with Gasteiger partial charge in [-0.05, 0) is 55.8 Å². The molecular weight excluding hydrogens is 302 g/mol. The van der Waals surface area contributed by atoms with Gasteiger partial charge in [0.15, 0.2) is 0 Å². The fourth-order valence-electron chi connectivity index (χ4n) is 1.69. The van der Waals surface area contributed by atoms with E-state index in [2.05, 4.69) is 15.5 Å². The molecule has 1 aromatic carbocycles. The highest BCUT2D eigenvalue weighted by Gasteiger charge is 2.08. The molecule has 114 valence electrons. The van der Waals surface area contributed by atoms with Gasteiger partial charge in [-0.15, -0.1) is 0 Å². The molecule has 2 aromatic rings. The number of pyridine rings is 1. The first kappa shape index (κ1) is 16.0. The van der Waals surface area contributed by atoms with Crippen LogP contribution in [-0.2, 0) is 0 Å². The second kappa shape index (κ2) is 7.56. The molecule has 0 atom stereocenters. The van der Waals surface area contributed by atoms with Crippen molar-refractivity contribution in [3.05, 3.63) is 58.9 Å². The van der Waals surface area contributed by atoms with Crippen molar-refractivity contribution in [3.8, 4) is 5.75 Å². The Morgan fingerprint density at radius 1 is 1.32 bits per heavy atom. The first-order valence-electron chi connectivity index (χ1n) is 6.77. The third-order valence-electron chi connectivity index (χ3n) is 2.64. The van der Waals surface area contributed by atoms with Gasteiger partial charge in [0.25, 0.3) is 5.91 Å². The van der Waals surface area contributed by atoms with Gasteiger partial charge in [-0.25, -0.2) is 10.4 Å². The van der Waals surface area contributed by atoms with E-state index in [1.165, 1.54) is 6.20 Å². The van der Waals surface area contributed by atoms with Crippen molar-refractivity contribution in [3.63, 3.8) is 0 Å².